The lowest BCUT2D eigenvalue weighted by atomic mass is 10.1. The lowest BCUT2D eigenvalue weighted by Crippen LogP contribution is -2.03. The molecule has 0 radical (unpaired) electrons. The Morgan fingerprint density at radius 2 is 2.00 bits per heavy atom. The van der Waals surface area contributed by atoms with E-state index < -0.39 is 19.7 Å². The summed E-state index contributed by atoms with van der Waals surface area (Å²) in [6.07, 6.45) is -0.548. The molecule has 1 aromatic heterocycles. The molecule has 0 aliphatic rings. The summed E-state index contributed by atoms with van der Waals surface area (Å²) in [5, 5.41) is 9.78. The number of aromatic nitrogens is 1. The molecular weight excluding hydrogens is 293 g/mol. The number of rotatable bonds is 3. The summed E-state index contributed by atoms with van der Waals surface area (Å²) in [6.45, 7) is 0. The highest BCUT2D eigenvalue weighted by Gasteiger charge is 2.19. The van der Waals surface area contributed by atoms with Crippen molar-refractivity contribution < 1.29 is 24.3 Å². The second-order valence-electron chi connectivity index (χ2n) is 3.96. The van der Waals surface area contributed by atoms with Crippen LogP contribution in [0.5, 0.6) is 0 Å². The van der Waals surface area contributed by atoms with Gasteiger partial charge in [0.05, 0.1) is 11.7 Å². The Hall–Kier alpha value is -1.46. The van der Waals surface area contributed by atoms with E-state index in [0.717, 1.165) is 6.07 Å². The second kappa shape index (κ2) is 4.90. The fourth-order valence-electron chi connectivity index (χ4n) is 1.74. The molecule has 2 aromatic rings. The molecule has 0 unspecified atom stereocenters. The number of aromatic carboxylic acids is 1. The van der Waals surface area contributed by atoms with Crippen molar-refractivity contribution in [3.05, 3.63) is 40.5 Å². The molecule has 0 aliphatic carbocycles. The number of hydrogen-bond acceptors (Lipinski definition) is 3. The number of nitrogens with zero attached hydrogens (tertiary/aromatic N) is 1. The number of benzene rings is 1. The molecule has 0 amide bonds. The van der Waals surface area contributed by atoms with Crippen molar-refractivity contribution >= 4 is 36.1 Å². The van der Waals surface area contributed by atoms with E-state index in [1.807, 2.05) is 0 Å². The van der Waals surface area contributed by atoms with E-state index in [0.29, 0.717) is 10.4 Å². The van der Waals surface area contributed by atoms with Crippen LogP contribution in [0, 0.1) is 0 Å². The maximum Gasteiger partial charge on any atom is 0.354 e. The lowest BCUT2D eigenvalue weighted by Gasteiger charge is -2.09. The zero-order chi connectivity index (χ0) is 14.2. The van der Waals surface area contributed by atoms with E-state index in [4.69, 9.17) is 26.5 Å². The van der Waals surface area contributed by atoms with Gasteiger partial charge in [0, 0.05) is 10.4 Å². The molecule has 100 valence electrons. The first kappa shape index (κ1) is 14.0. The van der Waals surface area contributed by atoms with E-state index >= 15 is 0 Å². The first-order chi connectivity index (χ1) is 8.76. The maximum atomic E-state index is 11.1. The quantitative estimate of drug-likeness (QED) is 0.751. The molecule has 8 heteroatoms. The predicted octanol–water partition coefficient (Wildman–Crippen LogP) is 2.26. The average Bonchev–Trinajstić information content (AvgIpc) is 2.25. The number of carboxylic acids is 1. The van der Waals surface area contributed by atoms with Crippen molar-refractivity contribution in [1.29, 1.82) is 0 Å². The standard InChI is InChI=1S/C11H9ClNO5P/c12-7-1-2-8-6(5-19(16,17)18)3-10(11(14)15)13-9(8)4-7/h1-4H,5H2,(H,14,15)(H2,16,17,18). The molecule has 0 atom stereocenters. The van der Waals surface area contributed by atoms with Crippen molar-refractivity contribution in [2.24, 2.45) is 0 Å². The van der Waals surface area contributed by atoms with E-state index in [1.165, 1.54) is 6.07 Å². The van der Waals surface area contributed by atoms with Crippen LogP contribution in [0.15, 0.2) is 24.3 Å². The van der Waals surface area contributed by atoms with Crippen LogP contribution < -0.4 is 0 Å². The van der Waals surface area contributed by atoms with Crippen LogP contribution in [0.3, 0.4) is 0 Å². The minimum absolute atomic E-state index is 0.229. The van der Waals surface area contributed by atoms with Gasteiger partial charge in [0.25, 0.3) is 0 Å². The van der Waals surface area contributed by atoms with Gasteiger partial charge in [-0.1, -0.05) is 17.7 Å². The van der Waals surface area contributed by atoms with Gasteiger partial charge in [0.2, 0.25) is 0 Å². The summed E-state index contributed by atoms with van der Waals surface area (Å²) in [5.41, 5.74) is 0.237. The number of pyridine rings is 1. The molecule has 2 rings (SSSR count). The van der Waals surface area contributed by atoms with Gasteiger partial charge in [-0.05, 0) is 23.8 Å². The Morgan fingerprint density at radius 3 is 2.58 bits per heavy atom. The van der Waals surface area contributed by atoms with Gasteiger partial charge in [-0.3, -0.25) is 4.57 Å². The van der Waals surface area contributed by atoms with Crippen LogP contribution in [0.25, 0.3) is 10.9 Å². The van der Waals surface area contributed by atoms with Crippen molar-refractivity contribution in [1.82, 2.24) is 4.98 Å². The predicted molar refractivity (Wildman–Crippen MR) is 69.5 cm³/mol. The minimum Gasteiger partial charge on any atom is -0.477 e. The molecular formula is C11H9ClNO5P. The number of halogens is 1. The monoisotopic (exact) mass is 301 g/mol. The highest BCUT2D eigenvalue weighted by atomic mass is 35.5. The molecule has 0 fully saturated rings. The van der Waals surface area contributed by atoms with Crippen LogP contribution in [0.2, 0.25) is 5.02 Å². The SMILES string of the molecule is O=C(O)c1cc(CP(=O)(O)O)c2ccc(Cl)cc2n1. The first-order valence-electron chi connectivity index (χ1n) is 5.13. The Kier molecular flexibility index (Phi) is 3.60. The topological polar surface area (TPSA) is 108 Å². The molecule has 0 saturated carbocycles. The summed E-state index contributed by atoms with van der Waals surface area (Å²) < 4.78 is 11.1. The van der Waals surface area contributed by atoms with Gasteiger partial charge in [0.1, 0.15) is 5.69 Å². The molecule has 6 nitrogen and oxygen atoms in total. The lowest BCUT2D eigenvalue weighted by molar-refractivity contribution is 0.0690. The van der Waals surface area contributed by atoms with Crippen LogP contribution >= 0.6 is 19.2 Å². The third-order valence-corrected chi connectivity index (χ3v) is 3.44. The molecule has 0 aliphatic heterocycles. The van der Waals surface area contributed by atoms with Gasteiger partial charge >= 0.3 is 13.6 Å². The van der Waals surface area contributed by atoms with Gasteiger partial charge in [-0.2, -0.15) is 0 Å². The number of fused-ring (bicyclic) bond motifs is 1. The molecule has 19 heavy (non-hydrogen) atoms. The molecule has 0 saturated heterocycles. The summed E-state index contributed by atoms with van der Waals surface area (Å²) in [7, 11) is -4.31. The van der Waals surface area contributed by atoms with Crippen LogP contribution in [0.1, 0.15) is 16.1 Å². The molecule has 3 N–H and O–H groups in total. The van der Waals surface area contributed by atoms with Crippen molar-refractivity contribution in [2.75, 3.05) is 0 Å². The Bertz CT molecular complexity index is 712. The Balaban J connectivity index is 2.72. The van der Waals surface area contributed by atoms with Crippen LogP contribution in [-0.4, -0.2) is 25.8 Å². The second-order valence-corrected chi connectivity index (χ2v) is 6.04. The number of hydrogen-bond donors (Lipinski definition) is 3. The van der Waals surface area contributed by atoms with E-state index in [-0.39, 0.29) is 16.8 Å². The van der Waals surface area contributed by atoms with Gasteiger partial charge < -0.3 is 14.9 Å². The zero-order valence-electron chi connectivity index (χ0n) is 9.45. The van der Waals surface area contributed by atoms with E-state index in [2.05, 4.69) is 4.98 Å². The third-order valence-electron chi connectivity index (χ3n) is 2.45. The first-order valence-corrected chi connectivity index (χ1v) is 7.31. The average molecular weight is 302 g/mol. The van der Waals surface area contributed by atoms with E-state index in [9.17, 15) is 9.36 Å². The Labute approximate surface area is 112 Å². The van der Waals surface area contributed by atoms with Crippen molar-refractivity contribution in [2.45, 2.75) is 6.16 Å². The minimum atomic E-state index is -4.31. The molecule has 1 aromatic carbocycles. The Morgan fingerprint density at radius 1 is 1.32 bits per heavy atom. The van der Waals surface area contributed by atoms with Crippen molar-refractivity contribution in [3.63, 3.8) is 0 Å². The summed E-state index contributed by atoms with van der Waals surface area (Å²) in [5.74, 6) is -1.27. The highest BCUT2D eigenvalue weighted by molar-refractivity contribution is 7.50. The zero-order valence-corrected chi connectivity index (χ0v) is 11.1. The van der Waals surface area contributed by atoms with Crippen LogP contribution in [0.4, 0.5) is 0 Å². The fraction of sp³-hybridized carbons (Fsp3) is 0.0909. The maximum absolute atomic E-state index is 11.1. The van der Waals surface area contributed by atoms with Crippen molar-refractivity contribution in [3.8, 4) is 0 Å². The molecule has 0 bridgehead atoms. The summed E-state index contributed by atoms with van der Waals surface area (Å²) in [4.78, 5) is 32.9. The summed E-state index contributed by atoms with van der Waals surface area (Å²) >= 11 is 5.80. The van der Waals surface area contributed by atoms with E-state index in [1.54, 1.807) is 12.1 Å². The number of carboxylic acid groups (broad SMARTS) is 1. The van der Waals surface area contributed by atoms with Gasteiger partial charge in [0.15, 0.2) is 0 Å². The smallest absolute Gasteiger partial charge is 0.354 e. The number of carbonyl (C=O) groups is 1. The third kappa shape index (κ3) is 3.30. The largest absolute Gasteiger partial charge is 0.477 e. The summed E-state index contributed by atoms with van der Waals surface area (Å²) in [6, 6.07) is 5.72. The normalized spacial score (nSPS) is 11.7. The van der Waals surface area contributed by atoms with Crippen LogP contribution in [-0.2, 0) is 10.7 Å². The fourth-order valence-corrected chi connectivity index (χ4v) is 2.61. The van der Waals surface area contributed by atoms with Gasteiger partial charge in [-0.25, -0.2) is 9.78 Å². The van der Waals surface area contributed by atoms with Gasteiger partial charge in [-0.15, -0.1) is 0 Å². The molecule has 1 heterocycles. The molecule has 0 spiro atoms. The highest BCUT2D eigenvalue weighted by Crippen LogP contribution is 2.41.